The van der Waals surface area contributed by atoms with Gasteiger partial charge < -0.3 is 10.2 Å². The molecule has 0 radical (unpaired) electrons. The number of hydrogen-bond acceptors (Lipinski definition) is 4. The molecule has 1 atom stereocenters. The van der Waals surface area contributed by atoms with E-state index in [1.54, 1.807) is 23.7 Å². The van der Waals surface area contributed by atoms with E-state index >= 15 is 0 Å². The van der Waals surface area contributed by atoms with E-state index < -0.39 is 0 Å². The second-order valence-corrected chi connectivity index (χ2v) is 8.70. The predicted octanol–water partition coefficient (Wildman–Crippen LogP) is 5.85. The molecular formula is C22H25ClN4OS. The highest BCUT2D eigenvalue weighted by atomic mass is 35.5. The normalized spacial score (nSPS) is 12.1. The highest BCUT2D eigenvalue weighted by Gasteiger charge is 2.22. The fourth-order valence-corrected chi connectivity index (χ4v) is 4.24. The molecule has 2 aromatic heterocycles. The van der Waals surface area contributed by atoms with Crippen LogP contribution in [0.2, 0.25) is 5.02 Å². The van der Waals surface area contributed by atoms with Gasteiger partial charge in [0.15, 0.2) is 0 Å². The lowest BCUT2D eigenvalue weighted by atomic mass is 10.2. The van der Waals surface area contributed by atoms with Crippen molar-refractivity contribution in [3.63, 3.8) is 0 Å². The van der Waals surface area contributed by atoms with Crippen molar-refractivity contribution in [1.29, 1.82) is 0 Å². The van der Waals surface area contributed by atoms with Crippen molar-refractivity contribution in [2.75, 3.05) is 0 Å². The summed E-state index contributed by atoms with van der Waals surface area (Å²) in [6, 6.07) is 11.3. The summed E-state index contributed by atoms with van der Waals surface area (Å²) in [5.74, 6) is 0. The van der Waals surface area contributed by atoms with E-state index in [1.165, 1.54) is 0 Å². The van der Waals surface area contributed by atoms with Gasteiger partial charge in [0.25, 0.3) is 0 Å². The Kier molecular flexibility index (Phi) is 6.87. The van der Waals surface area contributed by atoms with Gasteiger partial charge in [0, 0.05) is 35.6 Å². The zero-order valence-corrected chi connectivity index (χ0v) is 18.6. The summed E-state index contributed by atoms with van der Waals surface area (Å²) >= 11 is 7.58. The van der Waals surface area contributed by atoms with Gasteiger partial charge in [-0.15, -0.1) is 11.3 Å². The number of urea groups is 1. The van der Waals surface area contributed by atoms with Crippen LogP contribution in [0.25, 0.3) is 10.6 Å². The minimum Gasteiger partial charge on any atom is -0.331 e. The summed E-state index contributed by atoms with van der Waals surface area (Å²) in [4.78, 5) is 24.7. The van der Waals surface area contributed by atoms with Crippen LogP contribution in [0.3, 0.4) is 0 Å². The average Bonchev–Trinajstić information content (AvgIpc) is 3.09. The standard InChI is InChI=1S/C22H25ClN4OS/c1-14(2)27(13-17-6-5-11-24-12-17)22(28)26-16(4)20-15(3)25-21(29-20)18-7-9-19(23)10-8-18/h5-12,14,16H,13H2,1-4H3,(H,26,28). The third-order valence-electron chi connectivity index (χ3n) is 4.62. The highest BCUT2D eigenvalue weighted by molar-refractivity contribution is 7.15. The van der Waals surface area contributed by atoms with Crippen molar-refractivity contribution >= 4 is 29.0 Å². The molecule has 3 aromatic rings. The SMILES string of the molecule is Cc1nc(-c2ccc(Cl)cc2)sc1C(C)NC(=O)N(Cc1cccnc1)C(C)C. The molecule has 1 aromatic carbocycles. The molecule has 0 aliphatic heterocycles. The van der Waals surface area contributed by atoms with E-state index in [-0.39, 0.29) is 18.1 Å². The number of carbonyl (C=O) groups excluding carboxylic acids is 1. The van der Waals surface area contributed by atoms with Crippen molar-refractivity contribution in [2.45, 2.75) is 46.3 Å². The number of rotatable bonds is 6. The summed E-state index contributed by atoms with van der Waals surface area (Å²) in [6.45, 7) is 8.51. The van der Waals surface area contributed by atoms with Gasteiger partial charge in [-0.05, 0) is 51.5 Å². The van der Waals surface area contributed by atoms with Crippen molar-refractivity contribution in [3.05, 3.63) is 69.9 Å². The molecule has 2 heterocycles. The van der Waals surface area contributed by atoms with E-state index in [9.17, 15) is 4.79 Å². The molecule has 7 heteroatoms. The average molecular weight is 429 g/mol. The van der Waals surface area contributed by atoms with Gasteiger partial charge in [-0.25, -0.2) is 9.78 Å². The highest BCUT2D eigenvalue weighted by Crippen LogP contribution is 2.32. The number of nitrogens with one attached hydrogen (secondary N) is 1. The zero-order chi connectivity index (χ0) is 21.0. The number of benzene rings is 1. The molecule has 0 aliphatic carbocycles. The largest absolute Gasteiger partial charge is 0.331 e. The number of halogens is 1. The topological polar surface area (TPSA) is 58.1 Å². The maximum Gasteiger partial charge on any atom is 0.318 e. The molecule has 3 rings (SSSR count). The van der Waals surface area contributed by atoms with Crippen LogP contribution in [-0.4, -0.2) is 26.9 Å². The van der Waals surface area contributed by atoms with Gasteiger partial charge >= 0.3 is 6.03 Å². The van der Waals surface area contributed by atoms with Crippen LogP contribution < -0.4 is 5.32 Å². The number of aromatic nitrogens is 2. The van der Waals surface area contributed by atoms with Gasteiger partial charge in [-0.1, -0.05) is 29.8 Å². The predicted molar refractivity (Wildman–Crippen MR) is 119 cm³/mol. The molecule has 5 nitrogen and oxygen atoms in total. The summed E-state index contributed by atoms with van der Waals surface area (Å²) in [7, 11) is 0. The lowest BCUT2D eigenvalue weighted by Crippen LogP contribution is -2.44. The summed E-state index contributed by atoms with van der Waals surface area (Å²) in [6.07, 6.45) is 3.52. The van der Waals surface area contributed by atoms with Gasteiger partial charge in [0.05, 0.1) is 16.6 Å². The Bertz CT molecular complexity index is 957. The number of nitrogens with zero attached hydrogens (tertiary/aromatic N) is 3. The van der Waals surface area contributed by atoms with Crippen LogP contribution in [0.1, 0.15) is 42.9 Å². The minimum atomic E-state index is -0.142. The summed E-state index contributed by atoms with van der Waals surface area (Å²) in [5, 5.41) is 4.75. The number of aryl methyl sites for hydroxylation is 1. The number of amides is 2. The van der Waals surface area contributed by atoms with Crippen LogP contribution in [0.4, 0.5) is 4.79 Å². The molecule has 0 fully saturated rings. The molecule has 0 saturated heterocycles. The van der Waals surface area contributed by atoms with Gasteiger partial charge in [0.1, 0.15) is 5.01 Å². The smallest absolute Gasteiger partial charge is 0.318 e. The van der Waals surface area contributed by atoms with E-state index in [2.05, 4.69) is 15.3 Å². The maximum absolute atomic E-state index is 13.0. The minimum absolute atomic E-state index is 0.0644. The fraction of sp³-hybridized carbons (Fsp3) is 0.318. The van der Waals surface area contributed by atoms with Gasteiger partial charge in [0.2, 0.25) is 0 Å². The summed E-state index contributed by atoms with van der Waals surface area (Å²) < 4.78 is 0. The third kappa shape index (κ3) is 5.34. The molecule has 2 amide bonds. The Morgan fingerprint density at radius 1 is 1.21 bits per heavy atom. The Balaban J connectivity index is 1.73. The third-order valence-corrected chi connectivity index (χ3v) is 6.26. The first-order chi connectivity index (χ1) is 13.8. The van der Waals surface area contributed by atoms with Crippen LogP contribution in [0.15, 0.2) is 48.8 Å². The molecule has 0 spiro atoms. The van der Waals surface area contributed by atoms with Crippen LogP contribution in [0.5, 0.6) is 0 Å². The lowest BCUT2D eigenvalue weighted by Gasteiger charge is -2.28. The number of carbonyl (C=O) groups is 1. The van der Waals surface area contributed by atoms with Gasteiger partial charge in [-0.2, -0.15) is 0 Å². The Morgan fingerprint density at radius 2 is 1.93 bits per heavy atom. The number of hydrogen-bond donors (Lipinski definition) is 1. The van der Waals surface area contributed by atoms with E-state index in [4.69, 9.17) is 11.6 Å². The molecule has 0 saturated carbocycles. The van der Waals surface area contributed by atoms with E-state index in [1.807, 2.05) is 69.0 Å². The first kappa shape index (κ1) is 21.3. The maximum atomic E-state index is 13.0. The fourth-order valence-electron chi connectivity index (χ4n) is 3.04. The van der Waals surface area contributed by atoms with Crippen molar-refractivity contribution in [1.82, 2.24) is 20.2 Å². The molecular weight excluding hydrogens is 404 g/mol. The molecule has 29 heavy (non-hydrogen) atoms. The second-order valence-electron chi connectivity index (χ2n) is 7.23. The molecule has 152 valence electrons. The number of pyridine rings is 1. The Labute approximate surface area is 180 Å². The summed E-state index contributed by atoms with van der Waals surface area (Å²) in [5.41, 5.74) is 2.95. The first-order valence-electron chi connectivity index (χ1n) is 9.54. The first-order valence-corrected chi connectivity index (χ1v) is 10.7. The molecule has 0 aliphatic rings. The van der Waals surface area contributed by atoms with Crippen LogP contribution in [-0.2, 0) is 6.54 Å². The molecule has 0 bridgehead atoms. The van der Waals surface area contributed by atoms with Crippen LogP contribution >= 0.6 is 22.9 Å². The van der Waals surface area contributed by atoms with Crippen molar-refractivity contribution < 1.29 is 4.79 Å². The number of thiazole rings is 1. The van der Waals surface area contributed by atoms with Crippen molar-refractivity contribution in [2.24, 2.45) is 0 Å². The Morgan fingerprint density at radius 3 is 2.55 bits per heavy atom. The second kappa shape index (κ2) is 9.37. The molecule has 1 N–H and O–H groups in total. The van der Waals surface area contributed by atoms with E-state index in [0.29, 0.717) is 11.6 Å². The monoisotopic (exact) mass is 428 g/mol. The van der Waals surface area contributed by atoms with E-state index in [0.717, 1.165) is 26.7 Å². The lowest BCUT2D eigenvalue weighted by molar-refractivity contribution is 0.176. The Hall–Kier alpha value is -2.44. The van der Waals surface area contributed by atoms with Crippen molar-refractivity contribution in [3.8, 4) is 10.6 Å². The quantitative estimate of drug-likeness (QED) is 0.535. The molecule has 1 unspecified atom stereocenters. The van der Waals surface area contributed by atoms with Gasteiger partial charge in [-0.3, -0.25) is 4.98 Å². The zero-order valence-electron chi connectivity index (χ0n) is 17.0. The van der Waals surface area contributed by atoms with Crippen LogP contribution in [0, 0.1) is 6.92 Å².